The average molecular weight is 867 g/mol. The van der Waals surface area contributed by atoms with Gasteiger partial charge in [-0.1, -0.05) is 89.6 Å². The average Bonchev–Trinajstić information content (AvgIpc) is 3.22. The molecule has 5 rings (SSSR count). The minimum atomic E-state index is -3.82. The number of hydrogen-bond donors (Lipinski definition) is 0. The highest BCUT2D eigenvalue weighted by Crippen LogP contribution is 2.45. The maximum atomic E-state index is 14.6. The number of anilines is 1. The van der Waals surface area contributed by atoms with Gasteiger partial charge in [-0.2, -0.15) is 4.31 Å². The van der Waals surface area contributed by atoms with E-state index >= 15 is 0 Å². The van der Waals surface area contributed by atoms with Crippen LogP contribution in [0.5, 0.6) is 5.75 Å². The molecule has 0 amide bonds. The molecule has 0 aliphatic carbocycles. The van der Waals surface area contributed by atoms with E-state index in [0.717, 1.165) is 66.0 Å². The second kappa shape index (κ2) is 22.5. The van der Waals surface area contributed by atoms with E-state index < -0.39 is 24.4 Å². The molecular weight excluding hydrogens is 793 g/mol. The van der Waals surface area contributed by atoms with E-state index in [4.69, 9.17) is 28.1 Å². The predicted octanol–water partition coefficient (Wildman–Crippen LogP) is 9.74. The summed E-state index contributed by atoms with van der Waals surface area (Å²) in [4.78, 5) is 2.67. The highest BCUT2D eigenvalue weighted by molar-refractivity contribution is 7.89. The summed E-state index contributed by atoms with van der Waals surface area (Å²) in [5, 5.41) is 0. The second-order valence-electron chi connectivity index (χ2n) is 17.9. The van der Waals surface area contributed by atoms with Crippen LogP contribution in [0, 0.1) is 12.8 Å². The lowest BCUT2D eigenvalue weighted by Crippen LogP contribution is -2.52. The summed E-state index contributed by atoms with van der Waals surface area (Å²) in [6.07, 6.45) is 2.15. The first-order valence-corrected chi connectivity index (χ1v) is 25.8. The van der Waals surface area contributed by atoms with Crippen LogP contribution in [0.2, 0.25) is 16.6 Å². The minimum absolute atomic E-state index is 0.0275. The highest BCUT2D eigenvalue weighted by atomic mass is 32.2. The molecule has 60 heavy (non-hydrogen) atoms. The van der Waals surface area contributed by atoms with Gasteiger partial charge in [-0.05, 0) is 96.6 Å². The Balaban J connectivity index is 1.49. The first-order chi connectivity index (χ1) is 28.7. The van der Waals surface area contributed by atoms with Crippen molar-refractivity contribution in [2.75, 3.05) is 71.7 Å². The summed E-state index contributed by atoms with van der Waals surface area (Å²) < 4.78 is 67.5. The Hall–Kier alpha value is -2.81. The molecule has 0 radical (unpaired) electrons. The van der Waals surface area contributed by atoms with Crippen molar-refractivity contribution in [3.63, 3.8) is 0 Å². The Kier molecular flexibility index (Phi) is 18.1. The number of benzene rings is 3. The molecule has 2 aliphatic rings. The maximum Gasteiger partial charge on any atom is 0.243 e. The normalized spacial score (nSPS) is 19.6. The Morgan fingerprint density at radius 1 is 0.800 bits per heavy atom. The van der Waals surface area contributed by atoms with Crippen LogP contribution >= 0.6 is 0 Å². The van der Waals surface area contributed by atoms with Crippen molar-refractivity contribution in [2.24, 2.45) is 5.92 Å². The fourth-order valence-electron chi connectivity index (χ4n) is 9.71. The zero-order chi connectivity index (χ0) is 43.5. The first kappa shape index (κ1) is 48.2. The smallest absolute Gasteiger partial charge is 0.243 e. The van der Waals surface area contributed by atoms with Crippen molar-refractivity contribution in [3.05, 3.63) is 89.0 Å². The van der Waals surface area contributed by atoms with Gasteiger partial charge >= 0.3 is 0 Å². The lowest BCUT2D eigenvalue weighted by molar-refractivity contribution is -0.0288. The van der Waals surface area contributed by atoms with Crippen LogP contribution in [0.4, 0.5) is 5.69 Å². The van der Waals surface area contributed by atoms with Gasteiger partial charge in [0.15, 0.2) is 0 Å². The van der Waals surface area contributed by atoms with Crippen molar-refractivity contribution < 1.29 is 36.5 Å². The number of sulfonamides is 1. The maximum absolute atomic E-state index is 14.6. The molecule has 1 fully saturated rings. The van der Waals surface area contributed by atoms with Crippen molar-refractivity contribution in [1.82, 2.24) is 4.31 Å². The number of methoxy groups -OCH3 is 2. The molecule has 3 aromatic carbocycles. The quantitative estimate of drug-likeness (QED) is 0.0682. The van der Waals surface area contributed by atoms with Crippen LogP contribution in [0.25, 0.3) is 0 Å². The van der Waals surface area contributed by atoms with Gasteiger partial charge in [-0.25, -0.2) is 8.42 Å². The van der Waals surface area contributed by atoms with Crippen LogP contribution < -0.4 is 9.64 Å². The largest absolute Gasteiger partial charge is 0.490 e. The van der Waals surface area contributed by atoms with E-state index in [1.54, 1.807) is 30.7 Å². The third kappa shape index (κ3) is 12.0. The molecule has 12 heteroatoms. The van der Waals surface area contributed by atoms with Crippen molar-refractivity contribution in [3.8, 4) is 5.75 Å². The topological polar surface area (TPSA) is 96.0 Å². The molecule has 0 N–H and O–H groups in total. The van der Waals surface area contributed by atoms with Crippen molar-refractivity contribution in [2.45, 2.75) is 128 Å². The van der Waals surface area contributed by atoms with Crippen LogP contribution in [0.3, 0.4) is 0 Å². The van der Waals surface area contributed by atoms with E-state index in [9.17, 15) is 8.42 Å². The van der Waals surface area contributed by atoms with Gasteiger partial charge in [-0.3, -0.25) is 0 Å². The Labute approximate surface area is 363 Å². The van der Waals surface area contributed by atoms with Gasteiger partial charge in [0.2, 0.25) is 18.3 Å². The summed E-state index contributed by atoms with van der Waals surface area (Å²) in [6, 6.07) is 22.1. The number of fused-ring (bicyclic) bond motifs is 1. The number of ether oxygens (including phenoxy) is 5. The molecule has 3 aromatic rings. The molecule has 0 aromatic heterocycles. The third-order valence-corrected chi connectivity index (χ3v) is 20.8. The Bertz CT molecular complexity index is 1830. The number of rotatable bonds is 23. The second-order valence-corrected chi connectivity index (χ2v) is 25.2. The number of piperidine rings is 1. The van der Waals surface area contributed by atoms with Crippen LogP contribution in [-0.4, -0.2) is 100 Å². The van der Waals surface area contributed by atoms with E-state index in [1.807, 2.05) is 25.1 Å². The van der Waals surface area contributed by atoms with Crippen LogP contribution in [-0.2, 0) is 46.6 Å². The Morgan fingerprint density at radius 2 is 1.47 bits per heavy atom. The molecule has 10 nitrogen and oxygen atoms in total. The van der Waals surface area contributed by atoms with E-state index in [-0.39, 0.29) is 24.5 Å². The number of nitrogens with zero attached hydrogens (tertiary/aromatic N) is 2. The molecule has 4 atom stereocenters. The first-order valence-electron chi connectivity index (χ1n) is 22.2. The molecule has 2 aliphatic heterocycles. The van der Waals surface area contributed by atoms with Gasteiger partial charge in [0.1, 0.15) is 12.4 Å². The molecule has 0 saturated carbocycles. The van der Waals surface area contributed by atoms with Gasteiger partial charge in [-0.15, -0.1) is 0 Å². The molecule has 0 bridgehead atoms. The van der Waals surface area contributed by atoms with Crippen molar-refractivity contribution in [1.29, 1.82) is 0 Å². The molecular formula is C48H74N2O8SSi. The molecule has 1 saturated heterocycles. The summed E-state index contributed by atoms with van der Waals surface area (Å²) in [5.74, 6) is 0.787. The summed E-state index contributed by atoms with van der Waals surface area (Å²) in [5.41, 5.74) is 6.73. The standard InChI is InChI=1S/C48H74N2O8SSi/c1-35(2)60(36(3)4,37(5)6)58-39(8)14-18-43-31-50(59(51,52)44-21-12-38(7)13-22-44)32-47(48(43)42-19-15-40(16-20-42)33-55-29-28-54-10)57-34-41-17-23-46-45(30-41)49(25-27-56-46)24-11-26-53-9/h12-13,15-17,19-23,30,35-37,39,43,47-48H,11,14,18,24-29,31-34H2,1-10H3/t39-,43-,47+,48+/m1/s1. The molecule has 0 spiro atoms. The van der Waals surface area contributed by atoms with Crippen LogP contribution in [0.15, 0.2) is 71.6 Å². The van der Waals surface area contributed by atoms with Gasteiger partial charge < -0.3 is 33.0 Å². The monoisotopic (exact) mass is 866 g/mol. The zero-order valence-electron chi connectivity index (χ0n) is 38.2. The lowest BCUT2D eigenvalue weighted by Gasteiger charge is -2.45. The zero-order valence-corrected chi connectivity index (χ0v) is 40.0. The third-order valence-electron chi connectivity index (χ3n) is 12.7. The van der Waals surface area contributed by atoms with Gasteiger partial charge in [0.25, 0.3) is 0 Å². The van der Waals surface area contributed by atoms with Gasteiger partial charge in [0, 0.05) is 52.5 Å². The summed E-state index contributed by atoms with van der Waals surface area (Å²) in [6.45, 7) is 23.7. The fourth-order valence-corrected chi connectivity index (χ4v) is 16.9. The lowest BCUT2D eigenvalue weighted by atomic mass is 9.76. The number of hydrogen-bond acceptors (Lipinski definition) is 9. The predicted molar refractivity (Wildman–Crippen MR) is 244 cm³/mol. The molecule has 0 unspecified atom stereocenters. The Morgan fingerprint density at radius 3 is 2.12 bits per heavy atom. The van der Waals surface area contributed by atoms with Crippen molar-refractivity contribution >= 4 is 24.0 Å². The minimum Gasteiger partial charge on any atom is -0.490 e. The summed E-state index contributed by atoms with van der Waals surface area (Å²) >= 11 is 0. The molecule has 334 valence electrons. The van der Waals surface area contributed by atoms with E-state index in [0.29, 0.717) is 67.7 Å². The van der Waals surface area contributed by atoms with E-state index in [1.165, 1.54) is 0 Å². The van der Waals surface area contributed by atoms with Gasteiger partial charge in [0.05, 0.1) is 49.7 Å². The highest BCUT2D eigenvalue weighted by Gasteiger charge is 2.47. The SMILES string of the molecule is COCCCN1CCOc2ccc(CO[C@H]3CN(S(=O)(=O)c4ccc(C)cc4)C[C@@H](CC[C@@H](C)O[Si](C(C)C)(C(C)C)C(C)C)[C@@H]3c3ccc(COCCOC)cc3)cc21. The fraction of sp³-hybridized carbons (Fsp3) is 0.625. The summed E-state index contributed by atoms with van der Waals surface area (Å²) in [7, 11) is -2.54. The van der Waals surface area contributed by atoms with Crippen LogP contribution in [0.1, 0.15) is 95.9 Å². The number of aryl methyl sites for hydroxylation is 1. The van der Waals surface area contributed by atoms with E-state index in [2.05, 4.69) is 89.8 Å². The molecule has 2 heterocycles.